The van der Waals surface area contributed by atoms with Gasteiger partial charge in [0.05, 0.1) is 46.3 Å². The lowest BCUT2D eigenvalue weighted by Crippen LogP contribution is -2.37. The number of amides is 1. The molecule has 172 valence electrons. The van der Waals surface area contributed by atoms with Crippen LogP contribution in [0, 0.1) is 10.1 Å². The number of anilines is 2. The van der Waals surface area contributed by atoms with Gasteiger partial charge in [-0.1, -0.05) is 0 Å². The zero-order valence-corrected chi connectivity index (χ0v) is 17.0. The van der Waals surface area contributed by atoms with Crippen LogP contribution < -0.4 is 10.2 Å². The predicted molar refractivity (Wildman–Crippen MR) is 110 cm³/mol. The highest BCUT2D eigenvalue weighted by atomic mass is 19.4. The highest BCUT2D eigenvalue weighted by Gasteiger charge is 2.32. The SMILES string of the molecule is O=C(Nc1cc(C(F)(F)F)ccc1-n1cncn1)c1cc([N+](=O)[O-])ccc1N1CCOCC1. The predicted octanol–water partition coefficient (Wildman–Crippen LogP) is 3.28. The van der Waals surface area contributed by atoms with E-state index in [0.29, 0.717) is 32.0 Å². The standard InChI is InChI=1S/C20H17F3N6O4/c21-20(22,23)13-1-3-18(28-12-24-11-25-28)16(9-13)26-19(30)15-10-14(29(31)32)2-4-17(15)27-5-7-33-8-6-27/h1-4,9-12H,5-8H2,(H,26,30). The lowest BCUT2D eigenvalue weighted by atomic mass is 10.1. The molecule has 2 aromatic carbocycles. The Morgan fingerprint density at radius 1 is 1.12 bits per heavy atom. The average molecular weight is 462 g/mol. The molecule has 1 fully saturated rings. The minimum Gasteiger partial charge on any atom is -0.378 e. The molecule has 0 aliphatic carbocycles. The van der Waals surface area contributed by atoms with E-state index < -0.39 is 22.6 Å². The van der Waals surface area contributed by atoms with Gasteiger partial charge in [-0.15, -0.1) is 0 Å². The van der Waals surface area contributed by atoms with Gasteiger partial charge in [0.1, 0.15) is 12.7 Å². The molecule has 1 saturated heterocycles. The number of rotatable bonds is 5. The summed E-state index contributed by atoms with van der Waals surface area (Å²) < 4.78 is 46.4. The molecule has 13 heteroatoms. The van der Waals surface area contributed by atoms with Gasteiger partial charge in [-0.3, -0.25) is 14.9 Å². The molecular weight excluding hydrogens is 445 g/mol. The molecule has 0 unspecified atom stereocenters. The van der Waals surface area contributed by atoms with Crippen LogP contribution in [-0.2, 0) is 10.9 Å². The van der Waals surface area contributed by atoms with E-state index in [9.17, 15) is 28.1 Å². The van der Waals surface area contributed by atoms with Crippen molar-refractivity contribution in [1.82, 2.24) is 14.8 Å². The number of carbonyl (C=O) groups excluding carboxylic acids is 1. The summed E-state index contributed by atoms with van der Waals surface area (Å²) in [6.45, 7) is 1.71. The normalized spacial score (nSPS) is 14.2. The zero-order valence-electron chi connectivity index (χ0n) is 17.0. The average Bonchev–Trinajstić information content (AvgIpc) is 3.33. The smallest absolute Gasteiger partial charge is 0.378 e. The number of nitro groups is 1. The van der Waals surface area contributed by atoms with Crippen LogP contribution in [0.1, 0.15) is 15.9 Å². The van der Waals surface area contributed by atoms with Gasteiger partial charge in [0, 0.05) is 25.2 Å². The lowest BCUT2D eigenvalue weighted by Gasteiger charge is -2.30. The van der Waals surface area contributed by atoms with Gasteiger partial charge in [0.2, 0.25) is 0 Å². The molecule has 3 aromatic rings. The first-order chi connectivity index (χ1) is 15.7. The summed E-state index contributed by atoms with van der Waals surface area (Å²) in [5.41, 5.74) is -0.970. The summed E-state index contributed by atoms with van der Waals surface area (Å²) in [6, 6.07) is 6.61. The monoisotopic (exact) mass is 462 g/mol. The summed E-state index contributed by atoms with van der Waals surface area (Å²) >= 11 is 0. The maximum Gasteiger partial charge on any atom is 0.416 e. The number of non-ortho nitro benzene ring substituents is 1. The first-order valence-corrected chi connectivity index (χ1v) is 9.73. The number of hydrogen-bond acceptors (Lipinski definition) is 7. The van der Waals surface area contributed by atoms with Gasteiger partial charge in [-0.2, -0.15) is 18.3 Å². The summed E-state index contributed by atoms with van der Waals surface area (Å²) in [5, 5.41) is 17.7. The van der Waals surface area contributed by atoms with Crippen molar-refractivity contribution in [1.29, 1.82) is 0 Å². The first kappa shape index (κ1) is 22.2. The number of nitrogens with zero attached hydrogens (tertiary/aromatic N) is 5. The molecule has 0 spiro atoms. The lowest BCUT2D eigenvalue weighted by molar-refractivity contribution is -0.384. The van der Waals surface area contributed by atoms with E-state index in [4.69, 9.17) is 4.74 Å². The highest BCUT2D eigenvalue weighted by molar-refractivity contribution is 6.09. The minimum atomic E-state index is -4.65. The third-order valence-electron chi connectivity index (χ3n) is 5.03. The van der Waals surface area contributed by atoms with Crippen LogP contribution in [0.15, 0.2) is 49.1 Å². The molecule has 0 saturated carbocycles. The second-order valence-corrected chi connectivity index (χ2v) is 7.08. The maximum absolute atomic E-state index is 13.3. The number of nitrogens with one attached hydrogen (secondary N) is 1. The van der Waals surface area contributed by atoms with Crippen molar-refractivity contribution < 1.29 is 27.6 Å². The molecule has 33 heavy (non-hydrogen) atoms. The third-order valence-corrected chi connectivity index (χ3v) is 5.03. The van der Waals surface area contributed by atoms with Crippen molar-refractivity contribution in [3.05, 3.63) is 70.3 Å². The molecular formula is C20H17F3N6O4. The number of ether oxygens (including phenoxy) is 1. The Morgan fingerprint density at radius 2 is 1.85 bits per heavy atom. The number of aromatic nitrogens is 3. The maximum atomic E-state index is 13.3. The summed E-state index contributed by atoms with van der Waals surface area (Å²) in [5.74, 6) is -0.805. The van der Waals surface area contributed by atoms with Crippen LogP contribution >= 0.6 is 0 Å². The van der Waals surface area contributed by atoms with Gasteiger partial charge in [0.25, 0.3) is 11.6 Å². The molecule has 0 radical (unpaired) electrons. The highest BCUT2D eigenvalue weighted by Crippen LogP contribution is 2.34. The van der Waals surface area contributed by atoms with Crippen LogP contribution in [0.4, 0.5) is 30.2 Å². The molecule has 1 aliphatic rings. The van der Waals surface area contributed by atoms with E-state index in [2.05, 4.69) is 15.4 Å². The largest absolute Gasteiger partial charge is 0.416 e. The van der Waals surface area contributed by atoms with E-state index in [1.54, 1.807) is 0 Å². The molecule has 4 rings (SSSR count). The molecule has 1 aromatic heterocycles. The van der Waals surface area contributed by atoms with Gasteiger partial charge >= 0.3 is 6.18 Å². The second kappa shape index (κ2) is 8.86. The number of carbonyl (C=O) groups is 1. The number of alkyl halides is 3. The number of halogens is 3. The van der Waals surface area contributed by atoms with Crippen LogP contribution in [-0.4, -0.2) is 51.9 Å². The third kappa shape index (κ3) is 4.77. The quantitative estimate of drug-likeness (QED) is 0.457. The van der Waals surface area contributed by atoms with Gasteiger partial charge < -0.3 is 15.0 Å². The second-order valence-electron chi connectivity index (χ2n) is 7.08. The summed E-state index contributed by atoms with van der Waals surface area (Å²) in [7, 11) is 0. The molecule has 0 bridgehead atoms. The van der Waals surface area contributed by atoms with Gasteiger partial charge in [-0.25, -0.2) is 9.67 Å². The Bertz CT molecular complexity index is 1180. The zero-order chi connectivity index (χ0) is 23.6. The number of morpholine rings is 1. The van der Waals surface area contributed by atoms with Crippen molar-refractivity contribution >= 4 is 23.0 Å². The van der Waals surface area contributed by atoms with Gasteiger partial charge in [0.15, 0.2) is 0 Å². The van der Waals surface area contributed by atoms with E-state index >= 15 is 0 Å². The van der Waals surface area contributed by atoms with Crippen LogP contribution in [0.25, 0.3) is 5.69 Å². The Balaban J connectivity index is 1.76. The number of benzene rings is 2. The van der Waals surface area contributed by atoms with Crippen LogP contribution in [0.2, 0.25) is 0 Å². The van der Waals surface area contributed by atoms with E-state index in [0.717, 1.165) is 24.3 Å². The van der Waals surface area contributed by atoms with Crippen molar-refractivity contribution in [2.45, 2.75) is 6.18 Å². The van der Waals surface area contributed by atoms with E-state index in [-0.39, 0.29) is 22.6 Å². The van der Waals surface area contributed by atoms with Crippen LogP contribution in [0.5, 0.6) is 0 Å². The van der Waals surface area contributed by atoms with Crippen molar-refractivity contribution in [3.8, 4) is 5.69 Å². The molecule has 1 N–H and O–H groups in total. The Hall–Kier alpha value is -4.00. The van der Waals surface area contributed by atoms with Crippen molar-refractivity contribution in [2.24, 2.45) is 0 Å². The fourth-order valence-corrected chi connectivity index (χ4v) is 3.43. The number of hydrogen-bond donors (Lipinski definition) is 1. The summed E-state index contributed by atoms with van der Waals surface area (Å²) in [4.78, 5) is 29.5. The number of nitro benzene ring substituents is 1. The van der Waals surface area contributed by atoms with Crippen molar-refractivity contribution in [2.75, 3.05) is 36.5 Å². The van der Waals surface area contributed by atoms with E-state index in [1.165, 1.54) is 29.5 Å². The van der Waals surface area contributed by atoms with Gasteiger partial charge in [-0.05, 0) is 24.3 Å². The minimum absolute atomic E-state index is 0.0481. The Labute approximate surface area is 184 Å². The molecule has 1 aliphatic heterocycles. The summed E-state index contributed by atoms with van der Waals surface area (Å²) in [6.07, 6.45) is -2.18. The van der Waals surface area contributed by atoms with E-state index in [1.807, 2.05) is 4.90 Å². The van der Waals surface area contributed by atoms with Crippen molar-refractivity contribution in [3.63, 3.8) is 0 Å². The van der Waals surface area contributed by atoms with Crippen LogP contribution in [0.3, 0.4) is 0 Å². The molecule has 10 nitrogen and oxygen atoms in total. The molecule has 1 amide bonds. The Morgan fingerprint density at radius 3 is 2.48 bits per heavy atom. The fraction of sp³-hybridized carbons (Fsp3) is 0.250. The topological polar surface area (TPSA) is 115 Å². The fourth-order valence-electron chi connectivity index (χ4n) is 3.43. The molecule has 0 atom stereocenters. The first-order valence-electron chi connectivity index (χ1n) is 9.73. The molecule has 2 heterocycles. The Kier molecular flexibility index (Phi) is 5.96.